The second-order valence-electron chi connectivity index (χ2n) is 6.75. The third-order valence-corrected chi connectivity index (χ3v) is 5.86. The predicted octanol–water partition coefficient (Wildman–Crippen LogP) is 4.91. The molecule has 0 aromatic heterocycles. The van der Waals surface area contributed by atoms with E-state index in [0.29, 0.717) is 31.0 Å². The van der Waals surface area contributed by atoms with E-state index in [-0.39, 0.29) is 11.8 Å². The molecule has 4 nitrogen and oxygen atoms in total. The van der Waals surface area contributed by atoms with Crippen LogP contribution in [0.3, 0.4) is 0 Å². The number of nitrogens with zero attached hydrogens (tertiary/aromatic N) is 1. The van der Waals surface area contributed by atoms with Gasteiger partial charge in [-0.05, 0) is 36.6 Å². The monoisotopic (exact) mass is 432 g/mol. The van der Waals surface area contributed by atoms with E-state index in [2.05, 4.69) is 17.4 Å². The largest absolute Gasteiger partial charge is 0.355 e. The third kappa shape index (κ3) is 7.75. The third-order valence-electron chi connectivity index (χ3n) is 4.57. The molecule has 0 aliphatic rings. The maximum Gasteiger partial charge on any atom is 0.242 e. The minimum atomic E-state index is -0.475. The van der Waals surface area contributed by atoms with Gasteiger partial charge in [-0.1, -0.05) is 61.0 Å². The molecule has 0 saturated heterocycles. The van der Waals surface area contributed by atoms with Crippen LogP contribution in [0.25, 0.3) is 0 Å². The number of nitrogens with one attached hydrogen (secondary N) is 1. The van der Waals surface area contributed by atoms with E-state index in [1.54, 1.807) is 16.7 Å². The Labute approximate surface area is 183 Å². The molecule has 0 aliphatic heterocycles. The van der Waals surface area contributed by atoms with Crippen molar-refractivity contribution in [2.75, 3.05) is 12.3 Å². The quantitative estimate of drug-likeness (QED) is 0.513. The van der Waals surface area contributed by atoms with Crippen LogP contribution in [0, 0.1) is 0 Å². The zero-order chi connectivity index (χ0) is 21.1. The number of hydrogen-bond acceptors (Lipinski definition) is 3. The van der Waals surface area contributed by atoms with Crippen LogP contribution in [0.4, 0.5) is 0 Å². The molecule has 0 spiro atoms. The number of carbonyl (C=O) groups is 2. The molecule has 1 unspecified atom stereocenters. The molecule has 6 heteroatoms. The van der Waals surface area contributed by atoms with Crippen molar-refractivity contribution in [3.05, 3.63) is 70.7 Å². The topological polar surface area (TPSA) is 49.4 Å². The van der Waals surface area contributed by atoms with Gasteiger partial charge in [-0.2, -0.15) is 11.8 Å². The van der Waals surface area contributed by atoms with Crippen LogP contribution in [-0.2, 0) is 21.9 Å². The lowest BCUT2D eigenvalue weighted by atomic mass is 10.1. The first-order valence-corrected chi connectivity index (χ1v) is 11.5. The summed E-state index contributed by atoms with van der Waals surface area (Å²) >= 11 is 7.71. The van der Waals surface area contributed by atoms with E-state index in [4.69, 9.17) is 11.6 Å². The normalized spacial score (nSPS) is 11.7. The van der Waals surface area contributed by atoms with Crippen molar-refractivity contribution in [2.45, 2.75) is 45.0 Å². The highest BCUT2D eigenvalue weighted by Crippen LogP contribution is 2.18. The highest BCUT2D eigenvalue weighted by molar-refractivity contribution is 7.98. The highest BCUT2D eigenvalue weighted by atomic mass is 35.5. The van der Waals surface area contributed by atoms with Gasteiger partial charge in [0.1, 0.15) is 6.04 Å². The molecule has 2 rings (SSSR count). The molecule has 2 aromatic carbocycles. The maximum absolute atomic E-state index is 13.0. The van der Waals surface area contributed by atoms with E-state index >= 15 is 0 Å². The van der Waals surface area contributed by atoms with E-state index in [9.17, 15) is 9.59 Å². The number of rotatable bonds is 11. The fourth-order valence-electron chi connectivity index (χ4n) is 3.07. The summed E-state index contributed by atoms with van der Waals surface area (Å²) in [4.78, 5) is 27.3. The molecule has 0 aliphatic carbocycles. The van der Waals surface area contributed by atoms with Crippen molar-refractivity contribution in [1.29, 1.82) is 0 Å². The molecule has 29 heavy (non-hydrogen) atoms. The lowest BCUT2D eigenvalue weighted by Crippen LogP contribution is -2.49. The first-order valence-electron chi connectivity index (χ1n) is 9.98. The molecular weight excluding hydrogens is 404 g/mol. The maximum atomic E-state index is 13.0. The van der Waals surface area contributed by atoms with Gasteiger partial charge in [-0.3, -0.25) is 9.59 Å². The number of benzene rings is 2. The molecular formula is C23H29ClN2O2S. The summed E-state index contributed by atoms with van der Waals surface area (Å²) in [6, 6.07) is 17.2. The van der Waals surface area contributed by atoms with Crippen LogP contribution in [0.5, 0.6) is 0 Å². The van der Waals surface area contributed by atoms with Crippen LogP contribution >= 0.6 is 23.4 Å². The van der Waals surface area contributed by atoms with E-state index in [0.717, 1.165) is 17.1 Å². The number of carbonyl (C=O) groups excluding carboxylic acids is 2. The molecule has 2 amide bonds. The second-order valence-corrected chi connectivity index (χ2v) is 8.30. The molecule has 1 N–H and O–H groups in total. The molecule has 2 aromatic rings. The molecule has 1 atom stereocenters. The summed E-state index contributed by atoms with van der Waals surface area (Å²) in [5.41, 5.74) is 2.21. The first-order chi connectivity index (χ1) is 14.0. The SMILES string of the molecule is CCNC(=O)C(CC)N(Cc1ccc(Cl)cc1)C(=O)CCSCc1ccccc1. The number of amides is 2. The predicted molar refractivity (Wildman–Crippen MR) is 122 cm³/mol. The van der Waals surface area contributed by atoms with Crippen molar-refractivity contribution in [2.24, 2.45) is 0 Å². The Morgan fingerprint density at radius 2 is 1.72 bits per heavy atom. The minimum absolute atomic E-state index is 0.00128. The second kappa shape index (κ2) is 12.6. The molecule has 0 heterocycles. The number of hydrogen-bond donors (Lipinski definition) is 1. The van der Waals surface area contributed by atoms with Gasteiger partial charge in [-0.25, -0.2) is 0 Å². The zero-order valence-corrected chi connectivity index (χ0v) is 18.6. The Bertz CT molecular complexity index is 768. The fourth-order valence-corrected chi connectivity index (χ4v) is 4.08. The van der Waals surface area contributed by atoms with E-state index in [1.807, 2.05) is 56.3 Å². The van der Waals surface area contributed by atoms with Crippen molar-refractivity contribution in [3.63, 3.8) is 0 Å². The van der Waals surface area contributed by atoms with Gasteiger partial charge in [0.25, 0.3) is 0 Å². The molecule has 0 saturated carbocycles. The van der Waals surface area contributed by atoms with Crippen molar-refractivity contribution < 1.29 is 9.59 Å². The summed E-state index contributed by atoms with van der Waals surface area (Å²) in [7, 11) is 0. The van der Waals surface area contributed by atoms with Gasteiger partial charge in [0, 0.05) is 36.0 Å². The lowest BCUT2D eigenvalue weighted by molar-refractivity contribution is -0.141. The molecule has 0 bridgehead atoms. The summed E-state index contributed by atoms with van der Waals surface area (Å²) in [6.45, 7) is 4.77. The number of thioether (sulfide) groups is 1. The molecule has 0 fully saturated rings. The standard InChI is InChI=1S/C23H29ClN2O2S/c1-3-21(23(28)25-4-2)26(16-18-10-12-20(24)13-11-18)22(27)14-15-29-17-19-8-6-5-7-9-19/h5-13,21H,3-4,14-17H2,1-2H3,(H,25,28). The average molecular weight is 433 g/mol. The van der Waals surface area contributed by atoms with Crippen LogP contribution in [0.15, 0.2) is 54.6 Å². The van der Waals surface area contributed by atoms with E-state index in [1.165, 1.54) is 5.56 Å². The summed E-state index contributed by atoms with van der Waals surface area (Å²) in [5.74, 6) is 1.49. The van der Waals surface area contributed by atoms with Gasteiger partial charge < -0.3 is 10.2 Å². The number of halogens is 1. The average Bonchev–Trinajstić information content (AvgIpc) is 2.73. The Morgan fingerprint density at radius 1 is 1.03 bits per heavy atom. The lowest BCUT2D eigenvalue weighted by Gasteiger charge is -2.30. The molecule has 0 radical (unpaired) electrons. The first kappa shape index (κ1) is 23.3. The smallest absolute Gasteiger partial charge is 0.242 e. The summed E-state index contributed by atoms with van der Waals surface area (Å²) < 4.78 is 0. The van der Waals surface area contributed by atoms with E-state index < -0.39 is 6.04 Å². The van der Waals surface area contributed by atoms with Crippen LogP contribution in [-0.4, -0.2) is 35.1 Å². The van der Waals surface area contributed by atoms with Gasteiger partial charge in [0.15, 0.2) is 0 Å². The zero-order valence-electron chi connectivity index (χ0n) is 17.1. The van der Waals surface area contributed by atoms with Crippen molar-refractivity contribution in [1.82, 2.24) is 10.2 Å². The van der Waals surface area contributed by atoms with Crippen LogP contribution < -0.4 is 5.32 Å². The summed E-state index contributed by atoms with van der Waals surface area (Å²) in [5, 5.41) is 3.51. The van der Waals surface area contributed by atoms with Gasteiger partial charge >= 0.3 is 0 Å². The van der Waals surface area contributed by atoms with Crippen LogP contribution in [0.2, 0.25) is 5.02 Å². The minimum Gasteiger partial charge on any atom is -0.355 e. The van der Waals surface area contributed by atoms with Crippen molar-refractivity contribution in [3.8, 4) is 0 Å². The Balaban J connectivity index is 2.02. The number of likely N-dealkylation sites (N-methyl/N-ethyl adjacent to an activating group) is 1. The Kier molecular flexibility index (Phi) is 10.1. The Morgan fingerprint density at radius 3 is 2.34 bits per heavy atom. The fraction of sp³-hybridized carbons (Fsp3) is 0.391. The van der Waals surface area contributed by atoms with Gasteiger partial charge in [0.2, 0.25) is 11.8 Å². The van der Waals surface area contributed by atoms with Crippen molar-refractivity contribution >= 4 is 35.2 Å². The Hall–Kier alpha value is -1.98. The van der Waals surface area contributed by atoms with Crippen LogP contribution in [0.1, 0.15) is 37.8 Å². The van der Waals surface area contributed by atoms with Gasteiger partial charge in [-0.15, -0.1) is 0 Å². The van der Waals surface area contributed by atoms with Gasteiger partial charge in [0.05, 0.1) is 0 Å². The highest BCUT2D eigenvalue weighted by Gasteiger charge is 2.27. The molecule has 156 valence electrons. The summed E-state index contributed by atoms with van der Waals surface area (Å²) in [6.07, 6.45) is 0.976.